The number of hydrogen-bond acceptors (Lipinski definition) is 4. The number of benzene rings is 1. The van der Waals surface area contributed by atoms with E-state index in [1.165, 1.54) is 11.9 Å². The summed E-state index contributed by atoms with van der Waals surface area (Å²) in [7, 11) is 0. The highest BCUT2D eigenvalue weighted by molar-refractivity contribution is 5.84. The lowest BCUT2D eigenvalue weighted by Crippen LogP contribution is -2.38. The predicted octanol–water partition coefficient (Wildman–Crippen LogP) is 0.308. The first-order valence-electron chi connectivity index (χ1n) is 6.25. The number of carbonyl (C=O) groups excluding carboxylic acids is 1. The average Bonchev–Trinajstić information content (AvgIpc) is 2.97. The minimum Gasteiger partial charge on any atom is -0.348 e. The van der Waals surface area contributed by atoms with Gasteiger partial charge in [-0.1, -0.05) is 24.3 Å². The number of aromatic nitrogens is 3. The van der Waals surface area contributed by atoms with Crippen LogP contribution in [0.25, 0.3) is 0 Å². The third-order valence-electron chi connectivity index (χ3n) is 3.31. The molecule has 0 spiro atoms. The molecule has 0 radical (unpaired) electrons. The fourth-order valence-electron chi connectivity index (χ4n) is 2.34. The number of carbonyl (C=O) groups is 1. The van der Waals surface area contributed by atoms with Gasteiger partial charge in [-0.3, -0.25) is 9.89 Å². The topological polar surface area (TPSA) is 82.7 Å². The molecule has 1 aromatic carbocycles. The fraction of sp³-hybridized carbons (Fsp3) is 0.308. The van der Waals surface area contributed by atoms with Gasteiger partial charge in [0.15, 0.2) is 0 Å². The summed E-state index contributed by atoms with van der Waals surface area (Å²) in [4.78, 5) is 16.2. The molecule has 2 aromatic rings. The predicted molar refractivity (Wildman–Crippen MR) is 69.1 cm³/mol. The highest BCUT2D eigenvalue weighted by atomic mass is 16.1. The second kappa shape index (κ2) is 5.19. The molecule has 6 nitrogen and oxygen atoms in total. The lowest BCUT2D eigenvalue weighted by Gasteiger charge is -2.25. The summed E-state index contributed by atoms with van der Waals surface area (Å²) in [6.07, 6.45) is 1.43. The summed E-state index contributed by atoms with van der Waals surface area (Å²) < 4.78 is 0. The average molecular weight is 257 g/mol. The third kappa shape index (κ3) is 2.48. The molecule has 0 saturated heterocycles. The van der Waals surface area contributed by atoms with Crippen molar-refractivity contribution in [3.05, 3.63) is 47.5 Å². The Labute approximate surface area is 110 Å². The smallest absolute Gasteiger partial charge is 0.229 e. The van der Waals surface area contributed by atoms with Gasteiger partial charge in [-0.15, -0.1) is 0 Å². The Morgan fingerprint density at radius 1 is 1.42 bits per heavy atom. The molecule has 19 heavy (non-hydrogen) atoms. The zero-order chi connectivity index (χ0) is 13.1. The van der Waals surface area contributed by atoms with Crippen molar-refractivity contribution < 1.29 is 4.79 Å². The van der Waals surface area contributed by atoms with Crippen molar-refractivity contribution in [1.29, 1.82) is 0 Å². The quantitative estimate of drug-likeness (QED) is 0.739. The van der Waals surface area contributed by atoms with E-state index < -0.39 is 0 Å². The van der Waals surface area contributed by atoms with Crippen LogP contribution in [0.15, 0.2) is 30.6 Å². The zero-order valence-electron chi connectivity index (χ0n) is 10.4. The van der Waals surface area contributed by atoms with Crippen LogP contribution in [-0.2, 0) is 17.9 Å². The van der Waals surface area contributed by atoms with Gasteiger partial charge in [-0.2, -0.15) is 5.10 Å². The Morgan fingerprint density at radius 3 is 3.16 bits per heavy atom. The van der Waals surface area contributed by atoms with Gasteiger partial charge in [0, 0.05) is 13.1 Å². The largest absolute Gasteiger partial charge is 0.348 e. The van der Waals surface area contributed by atoms with E-state index in [2.05, 4.69) is 31.9 Å². The van der Waals surface area contributed by atoms with Gasteiger partial charge in [0.2, 0.25) is 5.91 Å². The van der Waals surface area contributed by atoms with Crippen LogP contribution in [0.2, 0.25) is 0 Å². The first-order chi connectivity index (χ1) is 9.34. The number of fused-ring (bicyclic) bond motifs is 1. The van der Waals surface area contributed by atoms with E-state index in [-0.39, 0.29) is 11.8 Å². The number of hydrogen-bond donors (Lipinski definition) is 3. The molecule has 0 saturated carbocycles. The van der Waals surface area contributed by atoms with Crippen molar-refractivity contribution in [2.45, 2.75) is 19.0 Å². The van der Waals surface area contributed by atoms with Gasteiger partial charge in [0.05, 0.1) is 12.5 Å². The summed E-state index contributed by atoms with van der Waals surface area (Å²) in [5.74, 6) is 0.523. The number of nitrogens with zero attached hydrogens (tertiary/aromatic N) is 2. The molecule has 1 aliphatic rings. The van der Waals surface area contributed by atoms with Gasteiger partial charge < -0.3 is 10.6 Å². The number of amides is 1. The minimum atomic E-state index is -0.145. The van der Waals surface area contributed by atoms with Gasteiger partial charge in [-0.25, -0.2) is 4.98 Å². The summed E-state index contributed by atoms with van der Waals surface area (Å²) in [6, 6.07) is 8.04. The normalized spacial score (nSPS) is 17.8. The molecule has 1 aliphatic heterocycles. The molecule has 3 rings (SSSR count). The molecule has 2 heterocycles. The van der Waals surface area contributed by atoms with Crippen LogP contribution < -0.4 is 10.6 Å². The van der Waals surface area contributed by atoms with Crippen molar-refractivity contribution in [3.63, 3.8) is 0 Å². The second-order valence-electron chi connectivity index (χ2n) is 4.53. The Bertz CT molecular complexity index is 566. The van der Waals surface area contributed by atoms with Gasteiger partial charge in [-0.05, 0) is 11.1 Å². The Hall–Kier alpha value is -2.21. The molecular formula is C13H15N5O. The maximum Gasteiger partial charge on any atom is 0.229 e. The molecule has 0 bridgehead atoms. The molecule has 3 N–H and O–H groups in total. The van der Waals surface area contributed by atoms with Crippen molar-refractivity contribution in [2.24, 2.45) is 0 Å². The van der Waals surface area contributed by atoms with Crippen molar-refractivity contribution in [2.75, 3.05) is 6.54 Å². The van der Waals surface area contributed by atoms with Crippen LogP contribution in [0.4, 0.5) is 0 Å². The third-order valence-corrected chi connectivity index (χ3v) is 3.31. The molecule has 1 unspecified atom stereocenters. The molecule has 6 heteroatoms. The molecule has 1 aromatic heterocycles. The lowest BCUT2D eigenvalue weighted by molar-refractivity contribution is -0.122. The summed E-state index contributed by atoms with van der Waals surface area (Å²) >= 11 is 0. The van der Waals surface area contributed by atoms with Crippen molar-refractivity contribution >= 4 is 5.91 Å². The number of rotatable bonds is 3. The van der Waals surface area contributed by atoms with Gasteiger partial charge in [0.25, 0.3) is 0 Å². The second-order valence-corrected chi connectivity index (χ2v) is 4.53. The Morgan fingerprint density at radius 2 is 2.32 bits per heavy atom. The van der Waals surface area contributed by atoms with Crippen LogP contribution in [0.3, 0.4) is 0 Å². The maximum absolute atomic E-state index is 12.2. The first kappa shape index (κ1) is 11.9. The van der Waals surface area contributed by atoms with Crippen molar-refractivity contribution in [1.82, 2.24) is 25.8 Å². The van der Waals surface area contributed by atoms with E-state index in [1.807, 2.05) is 18.2 Å². The Balaban J connectivity index is 1.71. The van der Waals surface area contributed by atoms with E-state index in [1.54, 1.807) is 0 Å². The summed E-state index contributed by atoms with van der Waals surface area (Å²) in [6.45, 7) is 1.86. The minimum absolute atomic E-state index is 0.0102. The van der Waals surface area contributed by atoms with Crippen LogP contribution in [0.1, 0.15) is 22.9 Å². The molecule has 98 valence electrons. The number of aromatic amines is 1. The zero-order valence-corrected chi connectivity index (χ0v) is 10.4. The van der Waals surface area contributed by atoms with E-state index in [0.29, 0.717) is 18.9 Å². The van der Waals surface area contributed by atoms with E-state index in [9.17, 15) is 4.79 Å². The van der Waals surface area contributed by atoms with E-state index >= 15 is 0 Å². The maximum atomic E-state index is 12.2. The molecular weight excluding hydrogens is 242 g/mol. The monoisotopic (exact) mass is 257 g/mol. The van der Waals surface area contributed by atoms with Crippen molar-refractivity contribution in [3.8, 4) is 0 Å². The molecule has 1 amide bonds. The lowest BCUT2D eigenvalue weighted by atomic mass is 9.90. The highest BCUT2D eigenvalue weighted by Crippen LogP contribution is 2.23. The standard InChI is InChI=1S/C13H15N5O/c19-13(15-7-12-16-8-17-18-12)11-6-14-5-9-3-1-2-4-10(9)11/h1-4,8,11,14H,5-7H2,(H,15,19)(H,16,17,18). The van der Waals surface area contributed by atoms with Crippen LogP contribution in [-0.4, -0.2) is 27.6 Å². The van der Waals surface area contributed by atoms with E-state index in [0.717, 1.165) is 12.1 Å². The highest BCUT2D eigenvalue weighted by Gasteiger charge is 2.25. The first-order valence-corrected chi connectivity index (χ1v) is 6.25. The van der Waals surface area contributed by atoms with Gasteiger partial charge in [0.1, 0.15) is 12.2 Å². The Kier molecular flexibility index (Phi) is 3.24. The summed E-state index contributed by atoms with van der Waals surface area (Å²) in [5, 5.41) is 12.6. The SMILES string of the molecule is O=C(NCc1ncn[nH]1)C1CNCc2ccccc21. The molecule has 0 aliphatic carbocycles. The number of nitrogens with one attached hydrogen (secondary N) is 3. The van der Waals surface area contributed by atoms with Crippen LogP contribution in [0, 0.1) is 0 Å². The van der Waals surface area contributed by atoms with Gasteiger partial charge >= 0.3 is 0 Å². The van der Waals surface area contributed by atoms with E-state index in [4.69, 9.17) is 0 Å². The van der Waals surface area contributed by atoms with Crippen LogP contribution >= 0.6 is 0 Å². The van der Waals surface area contributed by atoms with Crippen LogP contribution in [0.5, 0.6) is 0 Å². The number of H-pyrrole nitrogens is 1. The molecule has 0 fully saturated rings. The summed E-state index contributed by atoms with van der Waals surface area (Å²) in [5.41, 5.74) is 2.30. The fourth-order valence-corrected chi connectivity index (χ4v) is 2.34. The molecule has 1 atom stereocenters.